The summed E-state index contributed by atoms with van der Waals surface area (Å²) in [4.78, 5) is 24.1. The molecule has 3 rings (SSSR count). The molecule has 2 aromatic carbocycles. The van der Waals surface area contributed by atoms with Gasteiger partial charge < -0.3 is 9.67 Å². The lowest BCUT2D eigenvalue weighted by Gasteiger charge is -2.11. The van der Waals surface area contributed by atoms with Crippen LogP contribution < -0.4 is 10.9 Å². The first-order valence-corrected chi connectivity index (χ1v) is 7.48. The molecule has 6 heteroatoms. The van der Waals surface area contributed by atoms with Gasteiger partial charge in [-0.1, -0.05) is 30.3 Å². The maximum absolute atomic E-state index is 12.1. The van der Waals surface area contributed by atoms with Crippen molar-refractivity contribution >= 4 is 22.7 Å². The van der Waals surface area contributed by atoms with Gasteiger partial charge in [0.05, 0.1) is 5.56 Å². The molecule has 2 amide bonds. The third-order valence-corrected chi connectivity index (χ3v) is 3.78. The lowest BCUT2D eigenvalue weighted by Crippen LogP contribution is -2.43. The van der Waals surface area contributed by atoms with E-state index in [0.29, 0.717) is 0 Å². The second-order valence-electron chi connectivity index (χ2n) is 5.45. The van der Waals surface area contributed by atoms with E-state index in [1.807, 2.05) is 41.8 Å². The number of benzene rings is 2. The number of para-hydroxylation sites is 2. The fraction of sp³-hybridized carbons (Fsp3) is 0.111. The lowest BCUT2D eigenvalue weighted by molar-refractivity contribution is -0.122. The van der Waals surface area contributed by atoms with Gasteiger partial charge in [-0.05, 0) is 36.6 Å². The monoisotopic (exact) mass is 323 g/mol. The first kappa shape index (κ1) is 15.6. The van der Waals surface area contributed by atoms with Gasteiger partial charge in [0.2, 0.25) is 0 Å². The minimum atomic E-state index is -0.574. The number of nitrogens with one attached hydrogen (secondary N) is 2. The van der Waals surface area contributed by atoms with Crippen LogP contribution in [0.15, 0.2) is 54.6 Å². The Balaban J connectivity index is 1.67. The summed E-state index contributed by atoms with van der Waals surface area (Å²) in [5, 5.41) is 10.7. The van der Waals surface area contributed by atoms with Crippen LogP contribution in [0.25, 0.3) is 10.9 Å². The van der Waals surface area contributed by atoms with Crippen molar-refractivity contribution in [2.45, 2.75) is 13.5 Å². The number of carbonyl (C=O) groups is 2. The van der Waals surface area contributed by atoms with Crippen molar-refractivity contribution in [2.75, 3.05) is 0 Å². The van der Waals surface area contributed by atoms with Crippen LogP contribution in [0.1, 0.15) is 16.1 Å². The van der Waals surface area contributed by atoms with Gasteiger partial charge >= 0.3 is 0 Å². The molecule has 3 N–H and O–H groups in total. The average molecular weight is 323 g/mol. The van der Waals surface area contributed by atoms with Crippen molar-refractivity contribution in [3.05, 3.63) is 65.9 Å². The third kappa shape index (κ3) is 3.08. The Morgan fingerprint density at radius 2 is 1.75 bits per heavy atom. The molecule has 24 heavy (non-hydrogen) atoms. The molecule has 3 aromatic rings. The highest BCUT2D eigenvalue weighted by Gasteiger charge is 2.13. The van der Waals surface area contributed by atoms with Crippen LogP contribution in [0, 0.1) is 6.92 Å². The van der Waals surface area contributed by atoms with Crippen LogP contribution in [0.5, 0.6) is 5.75 Å². The molecular weight excluding hydrogens is 306 g/mol. The van der Waals surface area contributed by atoms with Crippen molar-refractivity contribution in [3.63, 3.8) is 0 Å². The van der Waals surface area contributed by atoms with Gasteiger partial charge in [-0.25, -0.2) is 0 Å². The number of aromatic nitrogens is 1. The van der Waals surface area contributed by atoms with Crippen LogP contribution in [0.3, 0.4) is 0 Å². The fourth-order valence-electron chi connectivity index (χ4n) is 2.60. The Labute approximate surface area is 138 Å². The van der Waals surface area contributed by atoms with Gasteiger partial charge in [0, 0.05) is 11.2 Å². The van der Waals surface area contributed by atoms with Gasteiger partial charge in [0.25, 0.3) is 11.8 Å². The number of aromatic hydroxyl groups is 1. The van der Waals surface area contributed by atoms with Crippen LogP contribution >= 0.6 is 0 Å². The van der Waals surface area contributed by atoms with Gasteiger partial charge in [-0.3, -0.25) is 20.4 Å². The molecule has 1 heterocycles. The number of amides is 2. The number of phenols is 1. The van der Waals surface area contributed by atoms with Crippen LogP contribution in [-0.4, -0.2) is 21.5 Å². The number of rotatable bonds is 3. The second-order valence-corrected chi connectivity index (χ2v) is 5.45. The number of hydrazine groups is 1. The molecule has 0 aliphatic carbocycles. The van der Waals surface area contributed by atoms with E-state index in [2.05, 4.69) is 10.9 Å². The molecule has 0 fully saturated rings. The molecule has 0 aliphatic rings. The van der Waals surface area contributed by atoms with Crippen LogP contribution in [0.4, 0.5) is 0 Å². The summed E-state index contributed by atoms with van der Waals surface area (Å²) in [5.41, 5.74) is 6.69. The first-order valence-electron chi connectivity index (χ1n) is 7.48. The van der Waals surface area contributed by atoms with E-state index < -0.39 is 5.91 Å². The Bertz CT molecular complexity index is 915. The van der Waals surface area contributed by atoms with E-state index >= 15 is 0 Å². The van der Waals surface area contributed by atoms with Crippen LogP contribution in [-0.2, 0) is 11.3 Å². The highest BCUT2D eigenvalue weighted by Crippen LogP contribution is 2.19. The Kier molecular flexibility index (Phi) is 4.20. The quantitative estimate of drug-likeness (QED) is 0.646. The second kappa shape index (κ2) is 6.45. The third-order valence-electron chi connectivity index (χ3n) is 3.78. The number of hydrogen-bond donors (Lipinski definition) is 3. The Hall–Kier alpha value is -3.28. The molecule has 0 radical (unpaired) electrons. The molecule has 0 saturated heterocycles. The topological polar surface area (TPSA) is 83.4 Å². The molecule has 6 nitrogen and oxygen atoms in total. The molecular formula is C18H17N3O3. The summed E-state index contributed by atoms with van der Waals surface area (Å²) in [7, 11) is 0. The van der Waals surface area contributed by atoms with E-state index in [-0.39, 0.29) is 23.8 Å². The minimum Gasteiger partial charge on any atom is -0.507 e. The average Bonchev–Trinajstić information content (AvgIpc) is 2.89. The summed E-state index contributed by atoms with van der Waals surface area (Å²) in [6.07, 6.45) is 0. The number of phenolic OH excluding ortho intramolecular Hbond substituents is 1. The predicted octanol–water partition coefficient (Wildman–Crippen LogP) is 2.12. The highest BCUT2D eigenvalue weighted by atomic mass is 16.3. The van der Waals surface area contributed by atoms with Crippen molar-refractivity contribution in [1.82, 2.24) is 15.4 Å². The lowest BCUT2D eigenvalue weighted by atomic mass is 10.2. The SMILES string of the molecule is Cc1cc2ccccc2n1CC(=O)NNC(=O)c1ccccc1O. The summed E-state index contributed by atoms with van der Waals surface area (Å²) in [6.45, 7) is 2.01. The molecule has 122 valence electrons. The van der Waals surface area contributed by atoms with E-state index in [4.69, 9.17) is 0 Å². The van der Waals surface area contributed by atoms with Crippen molar-refractivity contribution < 1.29 is 14.7 Å². The largest absolute Gasteiger partial charge is 0.507 e. The molecule has 1 aromatic heterocycles. The van der Waals surface area contributed by atoms with Gasteiger partial charge in [-0.15, -0.1) is 0 Å². The molecule has 0 aliphatic heterocycles. The maximum atomic E-state index is 12.1. The molecule has 0 bridgehead atoms. The summed E-state index contributed by atoms with van der Waals surface area (Å²) in [5.74, 6) is -1.07. The minimum absolute atomic E-state index is 0.0837. The molecule has 0 spiro atoms. The van der Waals surface area contributed by atoms with E-state index in [0.717, 1.165) is 16.6 Å². The van der Waals surface area contributed by atoms with Crippen LogP contribution in [0.2, 0.25) is 0 Å². The first-order chi connectivity index (χ1) is 11.6. The number of fused-ring (bicyclic) bond motifs is 1. The van der Waals surface area contributed by atoms with Crippen molar-refractivity contribution in [1.29, 1.82) is 0 Å². The van der Waals surface area contributed by atoms with E-state index in [1.54, 1.807) is 12.1 Å². The fourth-order valence-corrected chi connectivity index (χ4v) is 2.60. The zero-order valence-electron chi connectivity index (χ0n) is 13.1. The molecule has 0 atom stereocenters. The zero-order chi connectivity index (χ0) is 17.1. The zero-order valence-corrected chi connectivity index (χ0v) is 13.1. The van der Waals surface area contributed by atoms with Gasteiger partial charge in [0.1, 0.15) is 12.3 Å². The summed E-state index contributed by atoms with van der Waals surface area (Å²) < 4.78 is 1.87. The Morgan fingerprint density at radius 3 is 2.54 bits per heavy atom. The van der Waals surface area contributed by atoms with Gasteiger partial charge in [0.15, 0.2) is 0 Å². The number of aryl methyl sites for hydroxylation is 1. The maximum Gasteiger partial charge on any atom is 0.273 e. The highest BCUT2D eigenvalue weighted by molar-refractivity contribution is 5.97. The number of carbonyl (C=O) groups excluding carboxylic acids is 2. The van der Waals surface area contributed by atoms with E-state index in [1.165, 1.54) is 12.1 Å². The van der Waals surface area contributed by atoms with Gasteiger partial charge in [-0.2, -0.15) is 0 Å². The number of nitrogens with zero attached hydrogens (tertiary/aromatic N) is 1. The van der Waals surface area contributed by atoms with Crippen molar-refractivity contribution in [2.24, 2.45) is 0 Å². The van der Waals surface area contributed by atoms with Crippen molar-refractivity contribution in [3.8, 4) is 5.75 Å². The normalized spacial score (nSPS) is 10.5. The summed E-state index contributed by atoms with van der Waals surface area (Å²) >= 11 is 0. The number of hydrogen-bond acceptors (Lipinski definition) is 3. The van der Waals surface area contributed by atoms with E-state index in [9.17, 15) is 14.7 Å². The summed E-state index contributed by atoms with van der Waals surface area (Å²) in [6, 6.07) is 15.9. The predicted molar refractivity (Wildman–Crippen MR) is 90.4 cm³/mol. The standard InChI is InChI=1S/C18H17N3O3/c1-12-10-13-6-2-4-8-15(13)21(12)11-17(23)19-20-18(24)14-7-3-5-9-16(14)22/h2-10,22H,11H2,1H3,(H,19,23)(H,20,24). The molecule has 0 unspecified atom stereocenters. The Morgan fingerprint density at radius 1 is 1.04 bits per heavy atom. The molecule has 0 saturated carbocycles. The smallest absolute Gasteiger partial charge is 0.273 e.